The molecule has 0 unspecified atom stereocenters. The fraction of sp³-hybridized carbons (Fsp3) is 0.400. The zero-order valence-electron chi connectivity index (χ0n) is 24.0. The van der Waals surface area contributed by atoms with E-state index < -0.39 is 29.2 Å². The highest BCUT2D eigenvalue weighted by molar-refractivity contribution is 6.13. The number of halogens is 2. The molecule has 3 aromatic rings. The second kappa shape index (κ2) is 10.7. The van der Waals surface area contributed by atoms with Gasteiger partial charge in [-0.2, -0.15) is 8.78 Å². The number of imide groups is 1. The van der Waals surface area contributed by atoms with Crippen LogP contribution in [-0.4, -0.2) is 61.6 Å². The van der Waals surface area contributed by atoms with Gasteiger partial charge in [0.2, 0.25) is 11.8 Å². The van der Waals surface area contributed by atoms with Crippen LogP contribution >= 0.6 is 0 Å². The average molecular weight is 580 g/mol. The van der Waals surface area contributed by atoms with Gasteiger partial charge in [-0.05, 0) is 82.0 Å². The monoisotopic (exact) mass is 579 g/mol. The molecule has 0 fully saturated rings. The van der Waals surface area contributed by atoms with Crippen LogP contribution in [0.2, 0.25) is 0 Å². The highest BCUT2D eigenvalue weighted by Crippen LogP contribution is 2.37. The van der Waals surface area contributed by atoms with Crippen LogP contribution in [0.3, 0.4) is 0 Å². The SMILES string of the molecule is CC(C)(C)OC(=O)N1CC=C(c2ccc3c(c2)C(C)(C)C(=O)N(Cc2ccc(-c4nnc(C(F)F)o4)cn2)C3=O)CC1. The van der Waals surface area contributed by atoms with Crippen molar-refractivity contribution in [3.63, 3.8) is 0 Å². The fourth-order valence-electron chi connectivity index (χ4n) is 4.95. The van der Waals surface area contributed by atoms with E-state index in [4.69, 9.17) is 9.15 Å². The first-order valence-electron chi connectivity index (χ1n) is 13.5. The molecule has 0 spiro atoms. The summed E-state index contributed by atoms with van der Waals surface area (Å²) in [5.41, 5.74) is 2.18. The van der Waals surface area contributed by atoms with E-state index in [9.17, 15) is 23.2 Å². The Bertz CT molecular complexity index is 1570. The van der Waals surface area contributed by atoms with Crippen LogP contribution in [0.5, 0.6) is 0 Å². The summed E-state index contributed by atoms with van der Waals surface area (Å²) in [6, 6.07) is 8.62. The lowest BCUT2D eigenvalue weighted by atomic mass is 9.76. The Balaban J connectivity index is 1.33. The molecule has 2 aliphatic rings. The second-order valence-electron chi connectivity index (χ2n) is 11.8. The largest absolute Gasteiger partial charge is 0.444 e. The van der Waals surface area contributed by atoms with Crippen molar-refractivity contribution in [3.8, 4) is 11.5 Å². The minimum atomic E-state index is -2.88. The van der Waals surface area contributed by atoms with Gasteiger partial charge >= 0.3 is 12.5 Å². The summed E-state index contributed by atoms with van der Waals surface area (Å²) in [6.45, 7) is 9.88. The van der Waals surface area contributed by atoms with E-state index in [1.54, 1.807) is 36.9 Å². The number of nitrogens with zero attached hydrogens (tertiary/aromatic N) is 5. The zero-order valence-corrected chi connectivity index (χ0v) is 24.0. The van der Waals surface area contributed by atoms with Crippen LogP contribution in [0, 0.1) is 0 Å². The van der Waals surface area contributed by atoms with E-state index in [2.05, 4.69) is 15.2 Å². The summed E-state index contributed by atoms with van der Waals surface area (Å²) in [6.07, 6.45) is 0.704. The third kappa shape index (κ3) is 5.65. The van der Waals surface area contributed by atoms with Crippen molar-refractivity contribution >= 4 is 23.5 Å². The molecule has 0 N–H and O–H groups in total. The lowest BCUT2D eigenvalue weighted by molar-refractivity contribution is -0.134. The molecule has 10 nitrogen and oxygen atoms in total. The summed E-state index contributed by atoms with van der Waals surface area (Å²) in [7, 11) is 0. The van der Waals surface area contributed by atoms with Gasteiger partial charge in [-0.15, -0.1) is 10.2 Å². The van der Waals surface area contributed by atoms with Crippen LogP contribution < -0.4 is 0 Å². The Labute approximate surface area is 241 Å². The van der Waals surface area contributed by atoms with E-state index in [0.29, 0.717) is 41.9 Å². The van der Waals surface area contributed by atoms with Crippen LogP contribution in [-0.2, 0) is 21.5 Å². The minimum absolute atomic E-state index is 0.0691. The van der Waals surface area contributed by atoms with Crippen molar-refractivity contribution in [2.45, 2.75) is 65.0 Å². The number of fused-ring (bicyclic) bond motifs is 1. The smallest absolute Gasteiger partial charge is 0.410 e. The van der Waals surface area contributed by atoms with Crippen molar-refractivity contribution < 1.29 is 32.3 Å². The first-order chi connectivity index (χ1) is 19.7. The van der Waals surface area contributed by atoms with Crippen LogP contribution in [0.4, 0.5) is 13.6 Å². The van der Waals surface area contributed by atoms with Crippen LogP contribution in [0.1, 0.15) is 80.5 Å². The van der Waals surface area contributed by atoms with Crippen LogP contribution in [0.25, 0.3) is 17.0 Å². The molecule has 12 heteroatoms. The second-order valence-corrected chi connectivity index (χ2v) is 11.8. The van der Waals surface area contributed by atoms with Gasteiger partial charge in [0.1, 0.15) is 5.60 Å². The Hall–Kier alpha value is -4.48. The number of rotatable bonds is 5. The first kappa shape index (κ1) is 29.0. The maximum Gasteiger partial charge on any atom is 0.410 e. The predicted molar refractivity (Wildman–Crippen MR) is 147 cm³/mol. The molecule has 5 rings (SSSR count). The maximum absolute atomic E-state index is 13.6. The fourth-order valence-corrected chi connectivity index (χ4v) is 4.95. The van der Waals surface area contributed by atoms with E-state index >= 15 is 0 Å². The molecular weight excluding hydrogens is 548 g/mol. The molecule has 2 aromatic heterocycles. The van der Waals surface area contributed by atoms with Gasteiger partial charge in [0.25, 0.3) is 11.8 Å². The number of aromatic nitrogens is 3. The molecule has 3 amide bonds. The molecule has 1 aromatic carbocycles. The lowest BCUT2D eigenvalue weighted by Gasteiger charge is -2.38. The Kier molecular flexibility index (Phi) is 7.42. The lowest BCUT2D eigenvalue weighted by Crippen LogP contribution is -2.51. The van der Waals surface area contributed by atoms with E-state index in [1.807, 2.05) is 39.0 Å². The first-order valence-corrected chi connectivity index (χ1v) is 13.5. The van der Waals surface area contributed by atoms with E-state index in [-0.39, 0.29) is 24.4 Å². The van der Waals surface area contributed by atoms with Crippen LogP contribution in [0.15, 0.2) is 47.0 Å². The van der Waals surface area contributed by atoms with Gasteiger partial charge in [0.05, 0.1) is 23.2 Å². The molecule has 0 saturated carbocycles. The zero-order chi connectivity index (χ0) is 30.4. The number of carbonyl (C=O) groups excluding carboxylic acids is 3. The van der Waals surface area contributed by atoms with Crippen molar-refractivity contribution in [2.75, 3.05) is 13.1 Å². The molecule has 2 aliphatic heterocycles. The average Bonchev–Trinajstić information content (AvgIpc) is 3.45. The molecule has 42 heavy (non-hydrogen) atoms. The molecule has 220 valence electrons. The third-order valence-electron chi connectivity index (χ3n) is 7.20. The molecule has 0 aliphatic carbocycles. The van der Waals surface area contributed by atoms with Crippen molar-refractivity contribution in [1.29, 1.82) is 0 Å². The Morgan fingerprint density at radius 3 is 2.45 bits per heavy atom. The number of carbonyl (C=O) groups is 3. The van der Waals surface area contributed by atoms with Crippen molar-refractivity contribution in [3.05, 3.63) is 70.9 Å². The summed E-state index contributed by atoms with van der Waals surface area (Å²) in [4.78, 5) is 46.6. The Morgan fingerprint density at radius 2 is 1.86 bits per heavy atom. The van der Waals surface area contributed by atoms with Crippen molar-refractivity contribution in [1.82, 2.24) is 25.0 Å². The minimum Gasteiger partial charge on any atom is -0.444 e. The predicted octanol–water partition coefficient (Wildman–Crippen LogP) is 5.55. The highest BCUT2D eigenvalue weighted by atomic mass is 19.3. The highest BCUT2D eigenvalue weighted by Gasteiger charge is 2.44. The number of hydrogen-bond donors (Lipinski definition) is 0. The number of amides is 3. The maximum atomic E-state index is 13.6. The number of benzene rings is 1. The van der Waals surface area contributed by atoms with Gasteiger partial charge in [-0.25, -0.2) is 4.79 Å². The summed E-state index contributed by atoms with van der Waals surface area (Å²) in [5, 5.41) is 6.91. The van der Waals surface area contributed by atoms with Gasteiger partial charge < -0.3 is 14.1 Å². The number of alkyl halides is 2. The van der Waals surface area contributed by atoms with Gasteiger partial charge in [0.15, 0.2) is 0 Å². The number of ether oxygens (including phenoxy) is 1. The standard InChI is InChI=1S/C30H31F2N5O5/c1-29(2,3)42-28(40)36-12-10-17(11-13-36)18-7-9-21-22(14-18)30(4,5)27(39)37(26(21)38)16-20-8-6-19(15-33-20)24-34-35-25(41-24)23(31)32/h6-10,14-15,23H,11-13,16H2,1-5H3. The van der Waals surface area contributed by atoms with Crippen molar-refractivity contribution in [2.24, 2.45) is 0 Å². The third-order valence-corrected chi connectivity index (χ3v) is 7.20. The summed E-state index contributed by atoms with van der Waals surface area (Å²) >= 11 is 0. The van der Waals surface area contributed by atoms with Gasteiger partial charge in [0, 0.05) is 24.8 Å². The summed E-state index contributed by atoms with van der Waals surface area (Å²) < 4.78 is 35.9. The molecule has 4 heterocycles. The van der Waals surface area contributed by atoms with Gasteiger partial charge in [-0.1, -0.05) is 12.1 Å². The normalized spacial score (nSPS) is 16.9. The van der Waals surface area contributed by atoms with Gasteiger partial charge in [-0.3, -0.25) is 19.5 Å². The van der Waals surface area contributed by atoms with E-state index in [1.165, 1.54) is 11.1 Å². The topological polar surface area (TPSA) is 119 Å². The molecule has 0 saturated heterocycles. The quantitative estimate of drug-likeness (QED) is 0.361. The number of hydrogen-bond acceptors (Lipinski definition) is 8. The molecule has 0 radical (unpaired) electrons. The number of pyridine rings is 1. The molecule has 0 bridgehead atoms. The molecule has 0 atom stereocenters. The molecular formula is C30H31F2N5O5. The summed E-state index contributed by atoms with van der Waals surface area (Å²) in [5.74, 6) is -1.69. The Morgan fingerprint density at radius 1 is 1.12 bits per heavy atom. The van der Waals surface area contributed by atoms with E-state index in [0.717, 1.165) is 11.1 Å².